The fourth-order valence-electron chi connectivity index (χ4n) is 2.53. The smallest absolute Gasteiger partial charge is 0.289 e. The van der Waals surface area contributed by atoms with Gasteiger partial charge in [-0.2, -0.15) is 4.31 Å². The Kier molecular flexibility index (Phi) is 5.68. The second-order valence-corrected chi connectivity index (χ2v) is 7.24. The third-order valence-corrected chi connectivity index (χ3v) is 5.78. The summed E-state index contributed by atoms with van der Waals surface area (Å²) in [5, 5.41) is 11.1. The molecule has 24 heavy (non-hydrogen) atoms. The highest BCUT2D eigenvalue weighted by Gasteiger charge is 2.34. The summed E-state index contributed by atoms with van der Waals surface area (Å²) in [6.45, 7) is 4.35. The Balaban J connectivity index is 2.12. The predicted molar refractivity (Wildman–Crippen MR) is 87.9 cm³/mol. The van der Waals surface area contributed by atoms with Gasteiger partial charge in [-0.1, -0.05) is 18.2 Å². The van der Waals surface area contributed by atoms with E-state index in [9.17, 15) is 23.3 Å². The highest BCUT2D eigenvalue weighted by Crippen LogP contribution is 2.26. The lowest BCUT2D eigenvalue weighted by Gasteiger charge is -2.33. The third kappa shape index (κ3) is 3.80. The Labute approximate surface area is 140 Å². The van der Waals surface area contributed by atoms with E-state index < -0.39 is 20.6 Å². The van der Waals surface area contributed by atoms with Crippen LogP contribution in [0.25, 0.3) is 0 Å². The lowest BCUT2D eigenvalue weighted by atomic mass is 10.2. The molecule has 0 aromatic heterocycles. The van der Waals surface area contributed by atoms with Crippen molar-refractivity contribution >= 4 is 21.6 Å². The quantitative estimate of drug-likeness (QED) is 0.437. The van der Waals surface area contributed by atoms with E-state index in [4.69, 9.17) is 0 Å². The first kappa shape index (κ1) is 18.1. The zero-order valence-electron chi connectivity index (χ0n) is 13.1. The largest absolute Gasteiger partial charge is 0.340 e. The Morgan fingerprint density at radius 3 is 2.46 bits per heavy atom. The van der Waals surface area contributed by atoms with Crippen molar-refractivity contribution in [2.45, 2.75) is 17.7 Å². The van der Waals surface area contributed by atoms with Crippen LogP contribution in [0.1, 0.15) is 12.8 Å². The van der Waals surface area contributed by atoms with Gasteiger partial charge in [0.2, 0.25) is 15.9 Å². The number of para-hydroxylation sites is 1. The van der Waals surface area contributed by atoms with Gasteiger partial charge in [-0.3, -0.25) is 14.9 Å². The molecule has 1 amide bonds. The van der Waals surface area contributed by atoms with Gasteiger partial charge in [0.05, 0.1) is 4.92 Å². The molecule has 0 N–H and O–H groups in total. The van der Waals surface area contributed by atoms with Crippen LogP contribution in [-0.4, -0.2) is 54.6 Å². The molecular formula is C15H19N3O5S. The number of allylic oxidation sites excluding steroid dienone is 1. The van der Waals surface area contributed by atoms with Crippen molar-refractivity contribution < 1.29 is 18.1 Å². The maximum absolute atomic E-state index is 12.7. The lowest BCUT2D eigenvalue weighted by molar-refractivity contribution is -0.387. The van der Waals surface area contributed by atoms with E-state index in [-0.39, 0.29) is 37.0 Å². The van der Waals surface area contributed by atoms with Gasteiger partial charge in [0.1, 0.15) is 0 Å². The van der Waals surface area contributed by atoms with Crippen molar-refractivity contribution in [1.82, 2.24) is 9.21 Å². The third-order valence-electron chi connectivity index (χ3n) is 3.83. The van der Waals surface area contributed by atoms with Gasteiger partial charge in [0.25, 0.3) is 5.69 Å². The average Bonchev–Trinajstić information content (AvgIpc) is 2.59. The number of carbonyl (C=O) groups excluding carboxylic acids is 1. The number of piperazine rings is 1. The Hall–Kier alpha value is -2.26. The summed E-state index contributed by atoms with van der Waals surface area (Å²) >= 11 is 0. The molecule has 2 rings (SSSR count). The van der Waals surface area contributed by atoms with Gasteiger partial charge in [-0.05, 0) is 12.5 Å². The number of hydrogen-bond donors (Lipinski definition) is 0. The van der Waals surface area contributed by atoms with Crippen LogP contribution in [0.3, 0.4) is 0 Å². The molecule has 1 aromatic carbocycles. The van der Waals surface area contributed by atoms with Crippen LogP contribution < -0.4 is 0 Å². The molecule has 1 aliphatic rings. The summed E-state index contributed by atoms with van der Waals surface area (Å²) in [4.78, 5) is 23.6. The number of sulfonamides is 1. The van der Waals surface area contributed by atoms with E-state index in [0.717, 1.165) is 0 Å². The molecule has 0 spiro atoms. The zero-order valence-corrected chi connectivity index (χ0v) is 13.9. The Morgan fingerprint density at radius 1 is 1.25 bits per heavy atom. The van der Waals surface area contributed by atoms with Gasteiger partial charge < -0.3 is 4.90 Å². The number of nitro benzene ring substituents is 1. The van der Waals surface area contributed by atoms with Crippen LogP contribution in [0.15, 0.2) is 41.8 Å². The van der Waals surface area contributed by atoms with E-state index in [1.807, 2.05) is 0 Å². The molecule has 0 atom stereocenters. The minimum Gasteiger partial charge on any atom is -0.340 e. The summed E-state index contributed by atoms with van der Waals surface area (Å²) in [5.74, 6) is -0.0439. The number of rotatable bonds is 6. The van der Waals surface area contributed by atoms with E-state index in [2.05, 4.69) is 6.58 Å². The minimum atomic E-state index is -3.97. The maximum atomic E-state index is 12.7. The second-order valence-electron chi connectivity index (χ2n) is 5.34. The van der Waals surface area contributed by atoms with Crippen molar-refractivity contribution in [3.63, 3.8) is 0 Å². The molecule has 0 radical (unpaired) electrons. The van der Waals surface area contributed by atoms with Crippen LogP contribution in [0, 0.1) is 10.1 Å². The zero-order chi connectivity index (χ0) is 17.7. The predicted octanol–water partition coefficient (Wildman–Crippen LogP) is 1.39. The molecule has 8 nitrogen and oxygen atoms in total. The minimum absolute atomic E-state index is 0.0439. The van der Waals surface area contributed by atoms with Crippen LogP contribution in [0.2, 0.25) is 0 Å². The van der Waals surface area contributed by atoms with Crippen LogP contribution in [0.5, 0.6) is 0 Å². The van der Waals surface area contributed by atoms with E-state index in [1.165, 1.54) is 28.6 Å². The molecule has 0 bridgehead atoms. The van der Waals surface area contributed by atoms with Crippen molar-refractivity contribution in [1.29, 1.82) is 0 Å². The van der Waals surface area contributed by atoms with Gasteiger partial charge in [-0.15, -0.1) is 6.58 Å². The number of benzene rings is 1. The number of carbonyl (C=O) groups is 1. The van der Waals surface area contributed by atoms with E-state index >= 15 is 0 Å². The van der Waals surface area contributed by atoms with Crippen molar-refractivity contribution in [3.8, 4) is 0 Å². The standard InChI is InChI=1S/C15H19N3O5S/c1-2-3-8-15(19)16-9-11-17(12-10-16)24(22,23)14-7-5-4-6-13(14)18(20)21/h2,4-7H,1,3,8-12H2. The molecule has 1 heterocycles. The van der Waals surface area contributed by atoms with Crippen LogP contribution in [0.4, 0.5) is 5.69 Å². The normalized spacial score (nSPS) is 15.9. The highest BCUT2D eigenvalue weighted by atomic mass is 32.2. The SMILES string of the molecule is C=CCCC(=O)N1CCN(S(=O)(=O)c2ccccc2[N+](=O)[O-])CC1. The highest BCUT2D eigenvalue weighted by molar-refractivity contribution is 7.89. The molecule has 0 unspecified atom stereocenters. The van der Waals surface area contributed by atoms with Crippen LogP contribution in [-0.2, 0) is 14.8 Å². The summed E-state index contributed by atoms with van der Waals surface area (Å²) in [7, 11) is -3.97. The first-order valence-electron chi connectivity index (χ1n) is 7.50. The first-order valence-corrected chi connectivity index (χ1v) is 8.94. The molecule has 1 aliphatic heterocycles. The average molecular weight is 353 g/mol. The van der Waals surface area contributed by atoms with Gasteiger partial charge in [0, 0.05) is 38.7 Å². The first-order chi connectivity index (χ1) is 11.4. The number of nitrogens with zero attached hydrogens (tertiary/aromatic N) is 3. The Bertz CT molecular complexity index is 739. The molecular weight excluding hydrogens is 334 g/mol. The van der Waals surface area contributed by atoms with Gasteiger partial charge in [-0.25, -0.2) is 8.42 Å². The van der Waals surface area contributed by atoms with Crippen molar-refractivity contribution in [3.05, 3.63) is 47.0 Å². The monoisotopic (exact) mass is 353 g/mol. The summed E-state index contributed by atoms with van der Waals surface area (Å²) in [6, 6.07) is 5.28. The van der Waals surface area contributed by atoms with E-state index in [1.54, 1.807) is 11.0 Å². The second kappa shape index (κ2) is 7.54. The van der Waals surface area contributed by atoms with Gasteiger partial charge >= 0.3 is 0 Å². The molecule has 130 valence electrons. The molecule has 1 saturated heterocycles. The fourth-order valence-corrected chi connectivity index (χ4v) is 4.11. The topological polar surface area (TPSA) is 101 Å². The summed E-state index contributed by atoms with van der Waals surface area (Å²) in [5.41, 5.74) is -0.443. The summed E-state index contributed by atoms with van der Waals surface area (Å²) in [6.07, 6.45) is 2.58. The Morgan fingerprint density at radius 2 is 1.88 bits per heavy atom. The lowest BCUT2D eigenvalue weighted by Crippen LogP contribution is -2.50. The van der Waals surface area contributed by atoms with Crippen LogP contribution >= 0.6 is 0 Å². The molecule has 0 saturated carbocycles. The molecule has 1 fully saturated rings. The van der Waals surface area contributed by atoms with Crippen molar-refractivity contribution in [2.24, 2.45) is 0 Å². The van der Waals surface area contributed by atoms with Gasteiger partial charge in [0.15, 0.2) is 4.90 Å². The molecule has 9 heteroatoms. The summed E-state index contributed by atoms with van der Waals surface area (Å²) < 4.78 is 26.5. The number of nitro groups is 1. The molecule has 0 aliphatic carbocycles. The fraction of sp³-hybridized carbons (Fsp3) is 0.400. The number of hydrogen-bond acceptors (Lipinski definition) is 5. The molecule has 1 aromatic rings. The maximum Gasteiger partial charge on any atom is 0.289 e. The van der Waals surface area contributed by atoms with Crippen molar-refractivity contribution in [2.75, 3.05) is 26.2 Å². The number of amides is 1. The van der Waals surface area contributed by atoms with E-state index in [0.29, 0.717) is 12.8 Å².